The maximum absolute atomic E-state index is 13.8. The molecule has 2 aromatic rings. The van der Waals surface area contributed by atoms with E-state index in [0.29, 0.717) is 5.56 Å². The monoisotopic (exact) mass is 280 g/mol. The SMILES string of the molecule is OC1CC(c2cccc(F)c2F)Oc2cc(F)ccc21. The van der Waals surface area contributed by atoms with E-state index in [0.717, 1.165) is 12.1 Å². The van der Waals surface area contributed by atoms with E-state index in [1.54, 1.807) is 0 Å². The summed E-state index contributed by atoms with van der Waals surface area (Å²) in [7, 11) is 0. The molecule has 1 heterocycles. The molecule has 2 nitrogen and oxygen atoms in total. The van der Waals surface area contributed by atoms with Crippen molar-refractivity contribution in [3.05, 3.63) is 65.0 Å². The Labute approximate surface area is 113 Å². The van der Waals surface area contributed by atoms with Gasteiger partial charge in [-0.1, -0.05) is 12.1 Å². The first-order chi connectivity index (χ1) is 9.56. The summed E-state index contributed by atoms with van der Waals surface area (Å²) >= 11 is 0. The molecule has 3 rings (SSSR count). The minimum atomic E-state index is -1.01. The predicted octanol–water partition coefficient (Wildman–Crippen LogP) is 3.66. The van der Waals surface area contributed by atoms with Crippen LogP contribution in [0.4, 0.5) is 13.2 Å². The fourth-order valence-electron chi connectivity index (χ4n) is 2.38. The second-order valence-corrected chi connectivity index (χ2v) is 4.68. The van der Waals surface area contributed by atoms with Crippen molar-refractivity contribution in [2.45, 2.75) is 18.6 Å². The molecule has 1 aliphatic heterocycles. The van der Waals surface area contributed by atoms with Crippen LogP contribution in [0.5, 0.6) is 5.75 Å². The lowest BCUT2D eigenvalue weighted by Crippen LogP contribution is -2.20. The van der Waals surface area contributed by atoms with Crippen LogP contribution in [0.2, 0.25) is 0 Å². The highest BCUT2D eigenvalue weighted by Crippen LogP contribution is 2.41. The Hall–Kier alpha value is -2.01. The van der Waals surface area contributed by atoms with Gasteiger partial charge < -0.3 is 9.84 Å². The minimum Gasteiger partial charge on any atom is -0.485 e. The average Bonchev–Trinajstić information content (AvgIpc) is 2.41. The smallest absolute Gasteiger partial charge is 0.165 e. The van der Waals surface area contributed by atoms with Crippen LogP contribution in [0.1, 0.15) is 29.8 Å². The van der Waals surface area contributed by atoms with Gasteiger partial charge in [0.05, 0.1) is 6.10 Å². The van der Waals surface area contributed by atoms with Crippen LogP contribution in [0.25, 0.3) is 0 Å². The highest BCUT2D eigenvalue weighted by Gasteiger charge is 2.30. The Balaban J connectivity index is 2.00. The van der Waals surface area contributed by atoms with E-state index in [1.807, 2.05) is 0 Å². The zero-order valence-corrected chi connectivity index (χ0v) is 10.3. The third-order valence-electron chi connectivity index (χ3n) is 3.37. The number of aliphatic hydroxyl groups excluding tert-OH is 1. The summed E-state index contributed by atoms with van der Waals surface area (Å²) in [5.74, 6) is -2.36. The lowest BCUT2D eigenvalue weighted by atomic mass is 9.94. The number of fused-ring (bicyclic) bond motifs is 1. The van der Waals surface area contributed by atoms with Gasteiger partial charge in [0.1, 0.15) is 17.7 Å². The predicted molar refractivity (Wildman–Crippen MR) is 65.7 cm³/mol. The minimum absolute atomic E-state index is 0.0129. The fraction of sp³-hybridized carbons (Fsp3) is 0.200. The van der Waals surface area contributed by atoms with Crippen LogP contribution in [0, 0.1) is 17.5 Å². The van der Waals surface area contributed by atoms with Crippen molar-refractivity contribution in [3.63, 3.8) is 0 Å². The normalized spacial score (nSPS) is 21.2. The second-order valence-electron chi connectivity index (χ2n) is 4.68. The van der Waals surface area contributed by atoms with Gasteiger partial charge in [-0.3, -0.25) is 0 Å². The zero-order valence-electron chi connectivity index (χ0n) is 10.3. The Morgan fingerprint density at radius 3 is 2.65 bits per heavy atom. The molecular formula is C15H11F3O2. The van der Waals surface area contributed by atoms with Crippen molar-refractivity contribution < 1.29 is 23.0 Å². The van der Waals surface area contributed by atoms with Gasteiger partial charge in [-0.15, -0.1) is 0 Å². The molecule has 1 aliphatic rings. The number of hydrogen-bond acceptors (Lipinski definition) is 2. The maximum Gasteiger partial charge on any atom is 0.165 e. The summed E-state index contributed by atoms with van der Waals surface area (Å²) in [6, 6.07) is 7.53. The Kier molecular flexibility index (Phi) is 3.14. The Morgan fingerprint density at radius 1 is 1.05 bits per heavy atom. The number of hydrogen-bond donors (Lipinski definition) is 1. The van der Waals surface area contributed by atoms with Gasteiger partial charge in [0.25, 0.3) is 0 Å². The van der Waals surface area contributed by atoms with Crippen molar-refractivity contribution in [2.24, 2.45) is 0 Å². The van der Waals surface area contributed by atoms with Gasteiger partial charge in [0, 0.05) is 23.6 Å². The van der Waals surface area contributed by atoms with E-state index in [1.165, 1.54) is 24.3 Å². The van der Waals surface area contributed by atoms with E-state index in [-0.39, 0.29) is 17.7 Å². The average molecular weight is 280 g/mol. The van der Waals surface area contributed by atoms with Gasteiger partial charge in [0.2, 0.25) is 0 Å². The van der Waals surface area contributed by atoms with Crippen molar-refractivity contribution in [1.82, 2.24) is 0 Å². The number of benzene rings is 2. The van der Waals surface area contributed by atoms with Crippen LogP contribution in [-0.2, 0) is 0 Å². The summed E-state index contributed by atoms with van der Waals surface area (Å²) in [5.41, 5.74) is 0.457. The molecule has 0 aliphatic carbocycles. The molecule has 0 saturated heterocycles. The number of aliphatic hydroxyl groups is 1. The lowest BCUT2D eigenvalue weighted by molar-refractivity contribution is 0.0633. The van der Waals surface area contributed by atoms with E-state index in [4.69, 9.17) is 4.74 Å². The largest absolute Gasteiger partial charge is 0.485 e. The van der Waals surface area contributed by atoms with Crippen LogP contribution >= 0.6 is 0 Å². The zero-order chi connectivity index (χ0) is 14.3. The van der Waals surface area contributed by atoms with Crippen LogP contribution < -0.4 is 4.74 Å². The van der Waals surface area contributed by atoms with Gasteiger partial charge in [-0.05, 0) is 18.2 Å². The maximum atomic E-state index is 13.8. The molecule has 2 aromatic carbocycles. The third-order valence-corrected chi connectivity index (χ3v) is 3.37. The van der Waals surface area contributed by atoms with Crippen molar-refractivity contribution >= 4 is 0 Å². The highest BCUT2D eigenvalue weighted by atomic mass is 19.2. The molecule has 0 spiro atoms. The molecule has 2 atom stereocenters. The van der Waals surface area contributed by atoms with E-state index in [9.17, 15) is 18.3 Å². The Bertz CT molecular complexity index is 658. The molecule has 0 radical (unpaired) electrons. The molecule has 0 aromatic heterocycles. The van der Waals surface area contributed by atoms with Gasteiger partial charge in [-0.25, -0.2) is 13.2 Å². The Morgan fingerprint density at radius 2 is 1.85 bits per heavy atom. The summed E-state index contributed by atoms with van der Waals surface area (Å²) in [6.07, 6.45) is -1.68. The van der Waals surface area contributed by atoms with Crippen LogP contribution in [-0.4, -0.2) is 5.11 Å². The van der Waals surface area contributed by atoms with Crippen LogP contribution in [0.15, 0.2) is 36.4 Å². The molecule has 0 amide bonds. The first kappa shape index (κ1) is 13.0. The van der Waals surface area contributed by atoms with Crippen molar-refractivity contribution in [3.8, 4) is 5.75 Å². The van der Waals surface area contributed by atoms with Gasteiger partial charge in [-0.2, -0.15) is 0 Å². The molecular weight excluding hydrogens is 269 g/mol. The number of rotatable bonds is 1. The summed E-state index contributed by atoms with van der Waals surface area (Å²) in [5, 5.41) is 10.0. The highest BCUT2D eigenvalue weighted by molar-refractivity contribution is 5.39. The standard InChI is InChI=1S/C15H11F3O2/c16-8-4-5-9-12(19)7-14(20-13(9)6-8)10-2-1-3-11(17)15(10)18/h1-6,12,14,19H,7H2. The molecule has 0 saturated carbocycles. The first-order valence-electron chi connectivity index (χ1n) is 6.14. The molecule has 104 valence electrons. The quantitative estimate of drug-likeness (QED) is 0.863. The summed E-state index contributed by atoms with van der Waals surface area (Å²) < 4.78 is 45.7. The first-order valence-corrected chi connectivity index (χ1v) is 6.14. The topological polar surface area (TPSA) is 29.5 Å². The molecule has 20 heavy (non-hydrogen) atoms. The molecule has 5 heteroatoms. The fourth-order valence-corrected chi connectivity index (χ4v) is 2.38. The van der Waals surface area contributed by atoms with Crippen molar-refractivity contribution in [2.75, 3.05) is 0 Å². The number of ether oxygens (including phenoxy) is 1. The summed E-state index contributed by atoms with van der Waals surface area (Å²) in [4.78, 5) is 0. The molecule has 2 unspecified atom stereocenters. The number of halogens is 3. The van der Waals surface area contributed by atoms with E-state index < -0.39 is 29.7 Å². The van der Waals surface area contributed by atoms with E-state index in [2.05, 4.69) is 0 Å². The van der Waals surface area contributed by atoms with Gasteiger partial charge >= 0.3 is 0 Å². The summed E-state index contributed by atoms with van der Waals surface area (Å²) in [6.45, 7) is 0. The third kappa shape index (κ3) is 2.14. The van der Waals surface area contributed by atoms with E-state index >= 15 is 0 Å². The molecule has 0 bridgehead atoms. The van der Waals surface area contributed by atoms with Crippen LogP contribution in [0.3, 0.4) is 0 Å². The molecule has 1 N–H and O–H groups in total. The van der Waals surface area contributed by atoms with Gasteiger partial charge in [0.15, 0.2) is 11.6 Å². The van der Waals surface area contributed by atoms with Crippen molar-refractivity contribution in [1.29, 1.82) is 0 Å². The lowest BCUT2D eigenvalue weighted by Gasteiger charge is -2.30. The second kappa shape index (κ2) is 4.83. The molecule has 0 fully saturated rings.